The van der Waals surface area contributed by atoms with Crippen LogP contribution in [0.3, 0.4) is 0 Å². The molecule has 0 bridgehead atoms. The van der Waals surface area contributed by atoms with Gasteiger partial charge in [-0.05, 0) is 37.1 Å². The van der Waals surface area contributed by atoms with Crippen LogP contribution in [-0.2, 0) is 6.61 Å². The molecule has 28 heavy (non-hydrogen) atoms. The zero-order valence-corrected chi connectivity index (χ0v) is 15.7. The Morgan fingerprint density at radius 1 is 1.21 bits per heavy atom. The van der Waals surface area contributed by atoms with E-state index in [1.807, 2.05) is 43.3 Å². The number of aryl methyl sites for hydroxylation is 2. The number of ether oxygens (including phenoxy) is 2. The Kier molecular flexibility index (Phi) is 4.50. The first-order chi connectivity index (χ1) is 13.6. The summed E-state index contributed by atoms with van der Waals surface area (Å²) in [5.74, 6) is 0.863. The summed E-state index contributed by atoms with van der Waals surface area (Å²) >= 11 is 0. The molecule has 2 aromatic carbocycles. The number of benzene rings is 2. The van der Waals surface area contributed by atoms with Gasteiger partial charge in [-0.25, -0.2) is 0 Å². The van der Waals surface area contributed by atoms with Crippen molar-refractivity contribution in [2.75, 3.05) is 0 Å². The number of allylic oxidation sites excluding steroid dienone is 1. The normalized spacial score (nSPS) is 15.5. The molecule has 0 spiro atoms. The summed E-state index contributed by atoms with van der Waals surface area (Å²) in [4.78, 5) is 0. The van der Waals surface area contributed by atoms with Crippen LogP contribution in [-0.4, -0.2) is 10.2 Å². The van der Waals surface area contributed by atoms with E-state index in [4.69, 9.17) is 15.2 Å². The van der Waals surface area contributed by atoms with E-state index in [9.17, 15) is 5.26 Å². The number of nitriles is 1. The first-order valence-electron chi connectivity index (χ1n) is 8.97. The third-order valence-electron chi connectivity index (χ3n) is 4.81. The molecule has 6 nitrogen and oxygen atoms in total. The lowest BCUT2D eigenvalue weighted by molar-refractivity contribution is 0.305. The zero-order valence-electron chi connectivity index (χ0n) is 15.7. The van der Waals surface area contributed by atoms with E-state index >= 15 is 0 Å². The second-order valence-electron chi connectivity index (χ2n) is 6.84. The maximum absolute atomic E-state index is 9.66. The first-order valence-corrected chi connectivity index (χ1v) is 8.97. The second kappa shape index (κ2) is 7.12. The summed E-state index contributed by atoms with van der Waals surface area (Å²) in [6.07, 6.45) is 0. The fourth-order valence-corrected chi connectivity index (χ4v) is 3.48. The Morgan fingerprint density at radius 2 is 2.04 bits per heavy atom. The average Bonchev–Trinajstić information content (AvgIpc) is 3.06. The molecule has 1 aliphatic rings. The van der Waals surface area contributed by atoms with Crippen LogP contribution in [0.15, 0.2) is 60.0 Å². The minimum Gasteiger partial charge on any atom is -0.489 e. The second-order valence-corrected chi connectivity index (χ2v) is 6.84. The molecule has 1 aromatic heterocycles. The smallest absolute Gasteiger partial charge is 0.244 e. The standard InChI is InChI=1S/C22H20N4O2/c1-13-5-3-6-15(9-13)12-27-17-8-4-7-16(10-17)20-18(11-23)21(24)28-22-19(20)14(2)25-26-22/h3-10,20H,12,24H2,1-2H3,(H,25,26). The van der Waals surface area contributed by atoms with Crippen molar-refractivity contribution in [3.63, 3.8) is 0 Å². The van der Waals surface area contributed by atoms with E-state index < -0.39 is 0 Å². The van der Waals surface area contributed by atoms with E-state index in [0.717, 1.165) is 28.1 Å². The maximum atomic E-state index is 9.66. The predicted molar refractivity (Wildman–Crippen MR) is 105 cm³/mol. The molecule has 0 saturated carbocycles. The lowest BCUT2D eigenvalue weighted by Gasteiger charge is -2.24. The Morgan fingerprint density at radius 3 is 2.82 bits per heavy atom. The summed E-state index contributed by atoms with van der Waals surface area (Å²) in [6, 6.07) is 18.1. The van der Waals surface area contributed by atoms with E-state index in [1.165, 1.54) is 5.56 Å². The summed E-state index contributed by atoms with van der Waals surface area (Å²) in [5.41, 5.74) is 11.2. The number of hydrogen-bond acceptors (Lipinski definition) is 5. The van der Waals surface area contributed by atoms with Crippen LogP contribution in [0.4, 0.5) is 0 Å². The fraction of sp³-hybridized carbons (Fsp3) is 0.182. The van der Waals surface area contributed by atoms with Crippen LogP contribution in [0.25, 0.3) is 0 Å². The molecule has 0 saturated heterocycles. The van der Waals surface area contributed by atoms with Crippen LogP contribution in [0, 0.1) is 25.2 Å². The number of nitrogens with two attached hydrogens (primary N) is 1. The van der Waals surface area contributed by atoms with Crippen molar-refractivity contribution in [1.82, 2.24) is 10.2 Å². The van der Waals surface area contributed by atoms with Gasteiger partial charge in [0, 0.05) is 11.3 Å². The number of H-pyrrole nitrogens is 1. The number of aromatic amines is 1. The highest BCUT2D eigenvalue weighted by atomic mass is 16.5. The van der Waals surface area contributed by atoms with Crippen molar-refractivity contribution in [1.29, 1.82) is 5.26 Å². The van der Waals surface area contributed by atoms with Crippen molar-refractivity contribution in [2.24, 2.45) is 5.73 Å². The maximum Gasteiger partial charge on any atom is 0.244 e. The van der Waals surface area contributed by atoms with Gasteiger partial charge in [-0.3, -0.25) is 5.10 Å². The number of aromatic nitrogens is 2. The zero-order chi connectivity index (χ0) is 19.7. The summed E-state index contributed by atoms with van der Waals surface area (Å²) < 4.78 is 11.5. The van der Waals surface area contributed by atoms with Crippen LogP contribution in [0.2, 0.25) is 0 Å². The third-order valence-corrected chi connectivity index (χ3v) is 4.81. The predicted octanol–water partition coefficient (Wildman–Crippen LogP) is 3.82. The van der Waals surface area contributed by atoms with Crippen molar-refractivity contribution < 1.29 is 9.47 Å². The van der Waals surface area contributed by atoms with Gasteiger partial charge in [0.15, 0.2) is 0 Å². The van der Waals surface area contributed by atoms with E-state index in [0.29, 0.717) is 18.1 Å². The molecule has 1 aliphatic heterocycles. The van der Waals surface area contributed by atoms with Crippen LogP contribution in [0.5, 0.6) is 11.6 Å². The molecule has 1 atom stereocenters. The number of nitrogens with one attached hydrogen (secondary N) is 1. The molecular weight excluding hydrogens is 352 g/mol. The molecule has 3 aromatic rings. The van der Waals surface area contributed by atoms with Gasteiger partial charge in [0.25, 0.3) is 0 Å². The lowest BCUT2D eigenvalue weighted by atomic mass is 9.84. The van der Waals surface area contributed by atoms with Gasteiger partial charge in [0.2, 0.25) is 11.8 Å². The molecule has 140 valence electrons. The number of fused-ring (bicyclic) bond motifs is 1. The Labute approximate surface area is 163 Å². The monoisotopic (exact) mass is 372 g/mol. The molecular formula is C22H20N4O2. The van der Waals surface area contributed by atoms with Gasteiger partial charge >= 0.3 is 0 Å². The topological polar surface area (TPSA) is 96.9 Å². The van der Waals surface area contributed by atoms with Crippen LogP contribution >= 0.6 is 0 Å². The number of nitrogens with zero attached hydrogens (tertiary/aromatic N) is 2. The summed E-state index contributed by atoms with van der Waals surface area (Å²) in [6.45, 7) is 4.43. The highest BCUT2D eigenvalue weighted by Gasteiger charge is 2.34. The molecule has 4 rings (SSSR count). The molecule has 2 heterocycles. The van der Waals surface area contributed by atoms with Gasteiger partial charge in [0.1, 0.15) is 24.0 Å². The average molecular weight is 372 g/mol. The summed E-state index contributed by atoms with van der Waals surface area (Å²) in [7, 11) is 0. The van der Waals surface area contributed by atoms with Crippen molar-refractivity contribution >= 4 is 0 Å². The first kappa shape index (κ1) is 17.7. The third kappa shape index (κ3) is 3.19. The van der Waals surface area contributed by atoms with Gasteiger partial charge in [-0.15, -0.1) is 5.10 Å². The van der Waals surface area contributed by atoms with Crippen LogP contribution in [0.1, 0.15) is 33.9 Å². The van der Waals surface area contributed by atoms with Gasteiger partial charge in [-0.1, -0.05) is 42.0 Å². The SMILES string of the molecule is Cc1cccc(COc2cccc(C3C(C#N)=C(N)Oc4n[nH]c(C)c43)c2)c1. The Hall–Kier alpha value is -3.72. The van der Waals surface area contributed by atoms with Gasteiger partial charge in [-0.2, -0.15) is 5.26 Å². The molecule has 0 radical (unpaired) electrons. The molecule has 0 amide bonds. The molecule has 0 aliphatic carbocycles. The van der Waals surface area contributed by atoms with Crippen molar-refractivity contribution in [3.05, 3.63) is 87.9 Å². The van der Waals surface area contributed by atoms with Crippen molar-refractivity contribution in [3.8, 4) is 17.7 Å². The Balaban J connectivity index is 1.67. The minimum absolute atomic E-state index is 0.0811. The molecule has 3 N–H and O–H groups in total. The molecule has 1 unspecified atom stereocenters. The molecule has 0 fully saturated rings. The highest BCUT2D eigenvalue weighted by Crippen LogP contribution is 2.43. The number of hydrogen-bond donors (Lipinski definition) is 2. The largest absolute Gasteiger partial charge is 0.489 e. The minimum atomic E-state index is -0.352. The van der Waals surface area contributed by atoms with E-state index in [-0.39, 0.29) is 11.8 Å². The van der Waals surface area contributed by atoms with E-state index in [2.05, 4.69) is 35.3 Å². The fourth-order valence-electron chi connectivity index (χ4n) is 3.48. The lowest BCUT2D eigenvalue weighted by Crippen LogP contribution is -2.21. The van der Waals surface area contributed by atoms with Crippen molar-refractivity contribution in [2.45, 2.75) is 26.4 Å². The summed E-state index contributed by atoms with van der Waals surface area (Å²) in [5, 5.41) is 16.7. The van der Waals surface area contributed by atoms with E-state index in [1.54, 1.807) is 0 Å². The highest BCUT2D eigenvalue weighted by molar-refractivity contribution is 5.55. The molecule has 6 heteroatoms. The van der Waals surface area contributed by atoms with Gasteiger partial charge in [0.05, 0.1) is 5.92 Å². The van der Waals surface area contributed by atoms with Gasteiger partial charge < -0.3 is 15.2 Å². The number of rotatable bonds is 4. The Bertz CT molecular complexity index is 1110. The quantitative estimate of drug-likeness (QED) is 0.725. The van der Waals surface area contributed by atoms with Crippen LogP contribution < -0.4 is 15.2 Å².